The standard InChI is InChI=1S/C30H22F8/c1-2-3-4-17-5-7-19(8-6-17)20-9-10-22(23(31)13-20)21-14-24(32)28(25(33)15-21)30(37,38)16-18-11-26(34)29(36)27(35)12-18/h5-15H,2-4,16H2,1H3. The molecule has 0 saturated heterocycles. The molecule has 0 amide bonds. The number of unbranched alkanes of at least 4 members (excludes halogenated alkanes) is 1. The van der Waals surface area contributed by atoms with Gasteiger partial charge in [0.1, 0.15) is 17.5 Å². The topological polar surface area (TPSA) is 0 Å². The largest absolute Gasteiger partial charge is 0.282 e. The molecule has 0 aliphatic heterocycles. The fraction of sp³-hybridized carbons (Fsp3) is 0.200. The summed E-state index contributed by atoms with van der Waals surface area (Å²) in [7, 11) is 0. The highest BCUT2D eigenvalue weighted by molar-refractivity contribution is 5.71. The molecule has 0 saturated carbocycles. The monoisotopic (exact) mass is 534 g/mol. The minimum Gasteiger partial charge on any atom is -0.206 e. The van der Waals surface area contributed by atoms with Crippen LogP contribution in [0.2, 0.25) is 0 Å². The second-order valence-electron chi connectivity index (χ2n) is 9.06. The number of rotatable bonds is 8. The highest BCUT2D eigenvalue weighted by Crippen LogP contribution is 2.38. The van der Waals surface area contributed by atoms with E-state index in [-0.39, 0.29) is 11.1 Å². The molecule has 198 valence electrons. The first-order valence-electron chi connectivity index (χ1n) is 11.9. The van der Waals surface area contributed by atoms with Gasteiger partial charge in [-0.3, -0.25) is 0 Å². The van der Waals surface area contributed by atoms with E-state index in [0.717, 1.165) is 30.4 Å². The van der Waals surface area contributed by atoms with Gasteiger partial charge in [0.2, 0.25) is 0 Å². The van der Waals surface area contributed by atoms with Crippen molar-refractivity contribution in [3.63, 3.8) is 0 Å². The van der Waals surface area contributed by atoms with Crippen LogP contribution in [0.5, 0.6) is 0 Å². The molecule has 0 aromatic heterocycles. The maximum atomic E-state index is 15.0. The van der Waals surface area contributed by atoms with Gasteiger partial charge in [-0.2, -0.15) is 0 Å². The second kappa shape index (κ2) is 11.0. The zero-order chi connectivity index (χ0) is 27.6. The van der Waals surface area contributed by atoms with Gasteiger partial charge in [0.25, 0.3) is 5.92 Å². The predicted octanol–water partition coefficient (Wildman–Crippen LogP) is 9.53. The molecule has 0 spiro atoms. The number of hydrogen-bond acceptors (Lipinski definition) is 0. The van der Waals surface area contributed by atoms with Gasteiger partial charge in [0.15, 0.2) is 17.5 Å². The van der Waals surface area contributed by atoms with Gasteiger partial charge in [-0.05, 0) is 71.0 Å². The molecule has 38 heavy (non-hydrogen) atoms. The van der Waals surface area contributed by atoms with Crippen molar-refractivity contribution in [2.24, 2.45) is 0 Å². The van der Waals surface area contributed by atoms with Crippen LogP contribution in [-0.2, 0) is 18.8 Å². The molecule has 4 aromatic rings. The van der Waals surface area contributed by atoms with Crippen LogP contribution in [0, 0.1) is 34.9 Å². The Morgan fingerprint density at radius 1 is 0.579 bits per heavy atom. The summed E-state index contributed by atoms with van der Waals surface area (Å²) in [5.74, 6) is -13.7. The second-order valence-corrected chi connectivity index (χ2v) is 9.06. The Kier molecular flexibility index (Phi) is 7.90. The minimum atomic E-state index is -4.24. The van der Waals surface area contributed by atoms with Gasteiger partial charge in [0, 0.05) is 12.0 Å². The minimum absolute atomic E-state index is 0.205. The van der Waals surface area contributed by atoms with Crippen molar-refractivity contribution in [2.75, 3.05) is 0 Å². The Balaban J connectivity index is 1.61. The summed E-state index contributed by atoms with van der Waals surface area (Å²) < 4.78 is 114. The molecule has 4 aromatic carbocycles. The normalized spacial score (nSPS) is 11.7. The van der Waals surface area contributed by atoms with E-state index in [1.54, 1.807) is 6.07 Å². The number of alkyl halides is 2. The molecule has 0 aliphatic rings. The van der Waals surface area contributed by atoms with E-state index in [9.17, 15) is 35.1 Å². The maximum absolute atomic E-state index is 15.0. The third kappa shape index (κ3) is 5.74. The van der Waals surface area contributed by atoms with Crippen LogP contribution in [0.3, 0.4) is 0 Å². The summed E-state index contributed by atoms with van der Waals surface area (Å²) in [5.41, 5.74) is -0.458. The van der Waals surface area contributed by atoms with Crippen LogP contribution in [0.4, 0.5) is 35.1 Å². The van der Waals surface area contributed by atoms with Crippen LogP contribution in [0.15, 0.2) is 66.7 Å². The number of halogens is 8. The van der Waals surface area contributed by atoms with Gasteiger partial charge < -0.3 is 0 Å². The van der Waals surface area contributed by atoms with Crippen molar-refractivity contribution >= 4 is 0 Å². The molecule has 0 heterocycles. The average molecular weight is 534 g/mol. The lowest BCUT2D eigenvalue weighted by Crippen LogP contribution is -2.21. The van der Waals surface area contributed by atoms with Crippen molar-refractivity contribution in [1.82, 2.24) is 0 Å². The smallest absolute Gasteiger partial charge is 0.206 e. The average Bonchev–Trinajstić information content (AvgIpc) is 2.85. The van der Waals surface area contributed by atoms with Crippen LogP contribution in [0.25, 0.3) is 22.3 Å². The van der Waals surface area contributed by atoms with E-state index in [4.69, 9.17) is 0 Å². The quantitative estimate of drug-likeness (QED) is 0.156. The lowest BCUT2D eigenvalue weighted by atomic mass is 9.94. The van der Waals surface area contributed by atoms with Gasteiger partial charge in [-0.15, -0.1) is 0 Å². The Hall–Kier alpha value is -3.68. The lowest BCUT2D eigenvalue weighted by molar-refractivity contribution is -0.0111. The van der Waals surface area contributed by atoms with E-state index in [0.29, 0.717) is 29.8 Å². The van der Waals surface area contributed by atoms with Gasteiger partial charge in [-0.1, -0.05) is 49.7 Å². The molecule has 4 rings (SSSR count). The molecule has 0 bridgehead atoms. The summed E-state index contributed by atoms with van der Waals surface area (Å²) >= 11 is 0. The highest BCUT2D eigenvalue weighted by atomic mass is 19.3. The molecule has 0 N–H and O–H groups in total. The molecule has 0 atom stereocenters. The number of benzene rings is 4. The molecule has 0 fully saturated rings. The van der Waals surface area contributed by atoms with Crippen LogP contribution < -0.4 is 0 Å². The summed E-state index contributed by atoms with van der Waals surface area (Å²) in [6.07, 6.45) is 1.54. The zero-order valence-corrected chi connectivity index (χ0v) is 20.2. The van der Waals surface area contributed by atoms with Crippen molar-refractivity contribution in [3.05, 3.63) is 118 Å². The highest BCUT2D eigenvalue weighted by Gasteiger charge is 2.39. The Morgan fingerprint density at radius 2 is 1.13 bits per heavy atom. The van der Waals surface area contributed by atoms with Crippen molar-refractivity contribution in [1.29, 1.82) is 0 Å². The van der Waals surface area contributed by atoms with E-state index in [1.807, 2.05) is 24.3 Å². The molecular formula is C30H22F8. The van der Waals surface area contributed by atoms with Gasteiger partial charge in [0.05, 0.1) is 5.56 Å². The summed E-state index contributed by atoms with van der Waals surface area (Å²) in [6, 6.07) is 13.4. The first kappa shape index (κ1) is 27.4. The molecule has 8 heteroatoms. The fourth-order valence-electron chi connectivity index (χ4n) is 4.31. The summed E-state index contributed by atoms with van der Waals surface area (Å²) in [6.45, 7) is 2.09. The van der Waals surface area contributed by atoms with Crippen LogP contribution >= 0.6 is 0 Å². The van der Waals surface area contributed by atoms with Gasteiger partial charge >= 0.3 is 0 Å². The van der Waals surface area contributed by atoms with Gasteiger partial charge in [-0.25, -0.2) is 35.1 Å². The first-order chi connectivity index (χ1) is 18.0. The third-order valence-corrected chi connectivity index (χ3v) is 6.26. The molecule has 0 nitrogen and oxygen atoms in total. The Bertz CT molecular complexity index is 1410. The molecule has 0 aliphatic carbocycles. The van der Waals surface area contributed by atoms with Crippen LogP contribution in [0.1, 0.15) is 36.5 Å². The maximum Gasteiger partial charge on any atom is 0.282 e. The first-order valence-corrected chi connectivity index (χ1v) is 11.9. The molecule has 0 unspecified atom stereocenters. The summed E-state index contributed by atoms with van der Waals surface area (Å²) in [4.78, 5) is 0. The Labute approximate surface area is 214 Å². The van der Waals surface area contributed by atoms with Crippen molar-refractivity contribution in [3.8, 4) is 22.3 Å². The van der Waals surface area contributed by atoms with E-state index in [1.165, 1.54) is 12.1 Å². The SMILES string of the molecule is CCCCc1ccc(-c2ccc(-c3cc(F)c(C(F)(F)Cc4cc(F)c(F)c(F)c4)c(F)c3)c(F)c2)cc1. The van der Waals surface area contributed by atoms with Crippen LogP contribution in [-0.4, -0.2) is 0 Å². The lowest BCUT2D eigenvalue weighted by Gasteiger charge is -2.19. The molecular weight excluding hydrogens is 512 g/mol. The van der Waals surface area contributed by atoms with Crippen molar-refractivity contribution < 1.29 is 35.1 Å². The number of aryl methyl sites for hydroxylation is 1. The Morgan fingerprint density at radius 3 is 1.68 bits per heavy atom. The predicted molar refractivity (Wildman–Crippen MR) is 130 cm³/mol. The fourth-order valence-corrected chi connectivity index (χ4v) is 4.31. The van der Waals surface area contributed by atoms with E-state index >= 15 is 0 Å². The van der Waals surface area contributed by atoms with Crippen molar-refractivity contribution in [2.45, 2.75) is 38.5 Å². The van der Waals surface area contributed by atoms with E-state index < -0.39 is 58.4 Å². The molecule has 0 radical (unpaired) electrons. The third-order valence-electron chi connectivity index (χ3n) is 6.26. The summed E-state index contributed by atoms with van der Waals surface area (Å²) in [5, 5.41) is 0. The zero-order valence-electron chi connectivity index (χ0n) is 20.2. The number of hydrogen-bond donors (Lipinski definition) is 0. The van der Waals surface area contributed by atoms with E-state index in [2.05, 4.69) is 6.92 Å².